The molecule has 2 amide bonds. The fourth-order valence-corrected chi connectivity index (χ4v) is 3.88. The lowest BCUT2D eigenvalue weighted by Crippen LogP contribution is -2.39. The summed E-state index contributed by atoms with van der Waals surface area (Å²) < 4.78 is 5.96. The van der Waals surface area contributed by atoms with Crippen molar-refractivity contribution in [1.29, 1.82) is 0 Å². The minimum Gasteiger partial charge on any atom is -0.439 e. The van der Waals surface area contributed by atoms with Crippen LogP contribution in [0.2, 0.25) is 0 Å². The molecule has 128 valence electrons. The van der Waals surface area contributed by atoms with Gasteiger partial charge >= 0.3 is 6.09 Å². The van der Waals surface area contributed by atoms with E-state index in [9.17, 15) is 9.59 Å². The van der Waals surface area contributed by atoms with Crippen molar-refractivity contribution in [3.63, 3.8) is 0 Å². The van der Waals surface area contributed by atoms with Crippen molar-refractivity contribution in [1.82, 2.24) is 15.6 Å². The van der Waals surface area contributed by atoms with Gasteiger partial charge in [0.1, 0.15) is 0 Å². The lowest BCUT2D eigenvalue weighted by molar-refractivity contribution is -0.120. The molecule has 1 aliphatic heterocycles. The Hall–Kier alpha value is -2.19. The number of hydrogen-bond donors (Lipinski definition) is 3. The van der Waals surface area contributed by atoms with Gasteiger partial charge in [0.05, 0.1) is 10.7 Å². The Morgan fingerprint density at radius 1 is 1.42 bits per heavy atom. The molecule has 7 nitrogen and oxygen atoms in total. The molecule has 0 saturated carbocycles. The van der Waals surface area contributed by atoms with Gasteiger partial charge in [0.25, 0.3) is 5.91 Å². The number of carbonyl (C=O) groups excluding carboxylic acids is 2. The molecular formula is C16H20N4O3S. The normalized spacial score (nSPS) is 16.7. The highest BCUT2D eigenvalue weighted by atomic mass is 32.1. The summed E-state index contributed by atoms with van der Waals surface area (Å²) in [6, 6.07) is 1.83. The SMILES string of the molecule is NC(=O)COC(=O)NC(c1cncc2sccc12)C1CCNCC1. The molecule has 1 unspecified atom stereocenters. The number of nitrogens with two attached hydrogens (primary N) is 1. The van der Waals surface area contributed by atoms with E-state index in [0.29, 0.717) is 0 Å². The van der Waals surface area contributed by atoms with E-state index in [4.69, 9.17) is 10.5 Å². The van der Waals surface area contributed by atoms with Gasteiger partial charge in [0.15, 0.2) is 6.61 Å². The minimum atomic E-state index is -0.676. The molecule has 0 spiro atoms. The molecule has 1 saturated heterocycles. The average molecular weight is 348 g/mol. The lowest BCUT2D eigenvalue weighted by Gasteiger charge is -2.31. The fraction of sp³-hybridized carbons (Fsp3) is 0.438. The predicted octanol–water partition coefficient (Wildman–Crippen LogP) is 1.55. The van der Waals surface area contributed by atoms with E-state index in [1.54, 1.807) is 17.5 Å². The van der Waals surface area contributed by atoms with Crippen molar-refractivity contribution in [3.8, 4) is 0 Å². The number of carbonyl (C=O) groups is 2. The summed E-state index contributed by atoms with van der Waals surface area (Å²) >= 11 is 1.62. The van der Waals surface area contributed by atoms with Crippen LogP contribution < -0.4 is 16.4 Å². The van der Waals surface area contributed by atoms with Crippen LogP contribution in [0.15, 0.2) is 23.8 Å². The van der Waals surface area contributed by atoms with Gasteiger partial charge < -0.3 is 21.1 Å². The molecule has 0 aliphatic carbocycles. The van der Waals surface area contributed by atoms with Crippen molar-refractivity contribution in [2.75, 3.05) is 19.7 Å². The summed E-state index contributed by atoms with van der Waals surface area (Å²) in [6.07, 6.45) is 4.89. The van der Waals surface area contributed by atoms with Gasteiger partial charge in [-0.1, -0.05) is 0 Å². The van der Waals surface area contributed by atoms with Crippen molar-refractivity contribution in [2.45, 2.75) is 18.9 Å². The number of rotatable bonds is 5. The zero-order chi connectivity index (χ0) is 16.9. The number of nitrogens with zero attached hydrogens (tertiary/aromatic N) is 1. The van der Waals surface area contributed by atoms with E-state index in [0.717, 1.165) is 41.6 Å². The Morgan fingerprint density at radius 3 is 2.96 bits per heavy atom. The molecule has 3 heterocycles. The maximum absolute atomic E-state index is 12.1. The molecule has 3 rings (SSSR count). The van der Waals surface area contributed by atoms with E-state index < -0.39 is 18.6 Å². The molecule has 4 N–H and O–H groups in total. The number of amides is 2. The predicted molar refractivity (Wildman–Crippen MR) is 91.6 cm³/mol. The van der Waals surface area contributed by atoms with Crippen LogP contribution in [0.5, 0.6) is 0 Å². The second kappa shape index (κ2) is 7.59. The van der Waals surface area contributed by atoms with E-state index in [2.05, 4.69) is 15.6 Å². The molecule has 1 atom stereocenters. The second-order valence-corrected chi connectivity index (χ2v) is 6.76. The summed E-state index contributed by atoms with van der Waals surface area (Å²) in [5.41, 5.74) is 6.01. The minimum absolute atomic E-state index is 0.210. The highest BCUT2D eigenvalue weighted by molar-refractivity contribution is 7.17. The number of pyridine rings is 1. The van der Waals surface area contributed by atoms with Crippen LogP contribution >= 0.6 is 11.3 Å². The zero-order valence-corrected chi connectivity index (χ0v) is 14.0. The molecule has 2 aromatic rings. The number of nitrogens with one attached hydrogen (secondary N) is 2. The zero-order valence-electron chi connectivity index (χ0n) is 13.2. The van der Waals surface area contributed by atoms with Gasteiger partial charge in [-0.2, -0.15) is 0 Å². The Labute approximate surface area is 143 Å². The Morgan fingerprint density at radius 2 is 2.21 bits per heavy atom. The van der Waals surface area contributed by atoms with Gasteiger partial charge in [-0.15, -0.1) is 11.3 Å². The molecule has 8 heteroatoms. The van der Waals surface area contributed by atoms with Gasteiger partial charge in [0, 0.05) is 23.3 Å². The van der Waals surface area contributed by atoms with Crippen molar-refractivity contribution < 1.29 is 14.3 Å². The maximum atomic E-state index is 12.1. The number of piperidine rings is 1. The van der Waals surface area contributed by atoms with Crippen LogP contribution in [0, 0.1) is 5.92 Å². The van der Waals surface area contributed by atoms with Crippen LogP contribution in [0.25, 0.3) is 10.1 Å². The number of ether oxygens (including phenoxy) is 1. The van der Waals surface area contributed by atoms with E-state index in [-0.39, 0.29) is 12.0 Å². The third-order valence-corrected chi connectivity index (χ3v) is 5.07. The van der Waals surface area contributed by atoms with Gasteiger partial charge in [-0.3, -0.25) is 9.78 Å². The number of alkyl carbamates (subject to hydrolysis) is 1. The topological polar surface area (TPSA) is 106 Å². The summed E-state index contributed by atoms with van der Waals surface area (Å²) in [6.45, 7) is 1.39. The highest BCUT2D eigenvalue weighted by Crippen LogP contribution is 2.34. The molecular weight excluding hydrogens is 328 g/mol. The monoisotopic (exact) mass is 348 g/mol. The third-order valence-electron chi connectivity index (χ3n) is 4.22. The number of fused-ring (bicyclic) bond motifs is 1. The van der Waals surface area contributed by atoms with Crippen LogP contribution in [-0.4, -0.2) is 36.7 Å². The second-order valence-electron chi connectivity index (χ2n) is 5.81. The largest absolute Gasteiger partial charge is 0.439 e. The summed E-state index contributed by atoms with van der Waals surface area (Å²) in [5, 5.41) is 9.34. The number of aromatic nitrogens is 1. The Balaban J connectivity index is 1.85. The molecule has 24 heavy (non-hydrogen) atoms. The molecule has 1 fully saturated rings. The fourth-order valence-electron chi connectivity index (χ4n) is 3.09. The van der Waals surface area contributed by atoms with Gasteiger partial charge in [-0.05, 0) is 43.3 Å². The van der Waals surface area contributed by atoms with E-state index in [1.165, 1.54) is 0 Å². The standard InChI is InChI=1S/C16H20N4O3S/c17-14(21)9-23-16(22)20-15(10-1-4-18-5-2-10)12-7-19-8-13-11(12)3-6-24-13/h3,6-8,10,15,18H,1-2,4-5,9H2,(H2,17,21)(H,20,22). The van der Waals surface area contributed by atoms with Crippen LogP contribution in [0.3, 0.4) is 0 Å². The van der Waals surface area contributed by atoms with Crippen molar-refractivity contribution in [2.24, 2.45) is 11.7 Å². The van der Waals surface area contributed by atoms with Crippen LogP contribution in [-0.2, 0) is 9.53 Å². The highest BCUT2D eigenvalue weighted by Gasteiger charge is 2.28. The van der Waals surface area contributed by atoms with Crippen LogP contribution in [0.4, 0.5) is 4.79 Å². The molecule has 2 aromatic heterocycles. The lowest BCUT2D eigenvalue weighted by atomic mass is 9.85. The number of thiophene rings is 1. The third kappa shape index (κ3) is 3.82. The molecule has 0 aromatic carbocycles. The van der Waals surface area contributed by atoms with E-state index in [1.807, 2.05) is 17.6 Å². The first-order valence-electron chi connectivity index (χ1n) is 7.88. The Kier molecular flexibility index (Phi) is 5.27. The first-order valence-corrected chi connectivity index (χ1v) is 8.76. The number of hydrogen-bond acceptors (Lipinski definition) is 6. The molecule has 0 radical (unpaired) electrons. The van der Waals surface area contributed by atoms with Crippen LogP contribution in [0.1, 0.15) is 24.4 Å². The summed E-state index contributed by atoms with van der Waals surface area (Å²) in [7, 11) is 0. The maximum Gasteiger partial charge on any atom is 0.408 e. The average Bonchev–Trinajstić information content (AvgIpc) is 3.07. The van der Waals surface area contributed by atoms with E-state index >= 15 is 0 Å². The smallest absolute Gasteiger partial charge is 0.408 e. The molecule has 1 aliphatic rings. The quantitative estimate of drug-likeness (QED) is 0.760. The van der Waals surface area contributed by atoms with Crippen molar-refractivity contribution in [3.05, 3.63) is 29.4 Å². The summed E-state index contributed by atoms with van der Waals surface area (Å²) in [4.78, 5) is 27.2. The van der Waals surface area contributed by atoms with Gasteiger partial charge in [-0.25, -0.2) is 4.79 Å². The number of primary amides is 1. The van der Waals surface area contributed by atoms with Crippen molar-refractivity contribution >= 4 is 33.4 Å². The summed E-state index contributed by atoms with van der Waals surface area (Å²) in [5.74, 6) is -0.398. The van der Waals surface area contributed by atoms with Gasteiger partial charge in [0.2, 0.25) is 0 Å². The Bertz CT molecular complexity index is 727. The molecule has 0 bridgehead atoms. The first kappa shape index (κ1) is 16.7. The first-order chi connectivity index (χ1) is 11.6.